The maximum atomic E-state index is 12.4. The van der Waals surface area contributed by atoms with Gasteiger partial charge in [-0.15, -0.1) is 0 Å². The van der Waals surface area contributed by atoms with Crippen LogP contribution in [-0.4, -0.2) is 47.3 Å². The predicted octanol–water partition coefficient (Wildman–Crippen LogP) is 2.15. The minimum Gasteiger partial charge on any atom is -0.381 e. The van der Waals surface area contributed by atoms with E-state index in [9.17, 15) is 4.79 Å². The third-order valence-electron chi connectivity index (χ3n) is 4.35. The van der Waals surface area contributed by atoms with Gasteiger partial charge in [-0.2, -0.15) is 16.3 Å². The van der Waals surface area contributed by atoms with E-state index in [2.05, 4.69) is 10.1 Å². The molecule has 2 fully saturated rings. The van der Waals surface area contributed by atoms with E-state index in [4.69, 9.17) is 9.26 Å². The first-order valence-electron chi connectivity index (χ1n) is 7.54. The summed E-state index contributed by atoms with van der Waals surface area (Å²) in [7, 11) is 0. The topological polar surface area (TPSA) is 68.5 Å². The Kier molecular flexibility index (Phi) is 3.67. The van der Waals surface area contributed by atoms with E-state index in [1.54, 1.807) is 11.3 Å². The molecule has 2 saturated heterocycles. The van der Waals surface area contributed by atoms with Gasteiger partial charge in [-0.1, -0.05) is 5.16 Å². The highest BCUT2D eigenvalue weighted by Gasteiger charge is 2.35. The van der Waals surface area contributed by atoms with Crippen LogP contribution in [0.5, 0.6) is 0 Å². The molecule has 4 rings (SSSR count). The second-order valence-electron chi connectivity index (χ2n) is 5.80. The molecule has 0 aliphatic carbocycles. The summed E-state index contributed by atoms with van der Waals surface area (Å²) in [5.74, 6) is 1.68. The fourth-order valence-corrected chi connectivity index (χ4v) is 3.69. The van der Waals surface area contributed by atoms with E-state index < -0.39 is 0 Å². The highest BCUT2D eigenvalue weighted by atomic mass is 32.1. The van der Waals surface area contributed by atoms with E-state index in [1.165, 1.54) is 0 Å². The molecule has 1 amide bonds. The summed E-state index contributed by atoms with van der Waals surface area (Å²) in [6.07, 6.45) is 1.73. The normalized spacial score (nSPS) is 25.0. The van der Waals surface area contributed by atoms with Gasteiger partial charge in [-0.05, 0) is 24.3 Å². The molecular weight excluding hydrogens is 302 g/mol. The predicted molar refractivity (Wildman–Crippen MR) is 80.5 cm³/mol. The van der Waals surface area contributed by atoms with Crippen LogP contribution in [0.1, 0.15) is 24.6 Å². The summed E-state index contributed by atoms with van der Waals surface area (Å²) >= 11 is 1.60. The Morgan fingerprint density at radius 2 is 2.36 bits per heavy atom. The Hall–Kier alpha value is -1.73. The van der Waals surface area contributed by atoms with Crippen LogP contribution in [0, 0.1) is 5.92 Å². The zero-order valence-corrected chi connectivity index (χ0v) is 12.9. The lowest BCUT2D eigenvalue weighted by atomic mass is 10.1. The fourth-order valence-electron chi connectivity index (χ4n) is 3.06. The standard InChI is InChI=1S/C15H17N3O3S/c19-15(11-2-5-20-8-11)18-4-1-10(7-18)13-16-14(21-17-13)12-3-6-22-9-12/h3,6,9-11H,1-2,4-5,7-8H2. The van der Waals surface area contributed by atoms with Crippen LogP contribution in [0.25, 0.3) is 11.5 Å². The molecule has 2 aliphatic rings. The van der Waals surface area contributed by atoms with Crippen molar-refractivity contribution >= 4 is 17.2 Å². The molecule has 0 saturated carbocycles. The summed E-state index contributed by atoms with van der Waals surface area (Å²) < 4.78 is 10.6. The molecular formula is C15H17N3O3S. The van der Waals surface area contributed by atoms with E-state index in [0.717, 1.165) is 24.9 Å². The zero-order chi connectivity index (χ0) is 14.9. The number of amides is 1. The molecule has 2 atom stereocenters. The van der Waals surface area contributed by atoms with Gasteiger partial charge in [0.15, 0.2) is 5.82 Å². The lowest BCUT2D eigenvalue weighted by molar-refractivity contribution is -0.134. The molecule has 0 aromatic carbocycles. The van der Waals surface area contributed by atoms with Gasteiger partial charge in [0.05, 0.1) is 18.1 Å². The summed E-state index contributed by atoms with van der Waals surface area (Å²) in [4.78, 5) is 18.8. The van der Waals surface area contributed by atoms with Gasteiger partial charge in [0.1, 0.15) is 0 Å². The van der Waals surface area contributed by atoms with Crippen LogP contribution >= 0.6 is 11.3 Å². The van der Waals surface area contributed by atoms with Crippen LogP contribution in [0.2, 0.25) is 0 Å². The van der Waals surface area contributed by atoms with E-state index in [-0.39, 0.29) is 17.7 Å². The summed E-state index contributed by atoms with van der Waals surface area (Å²) in [5.41, 5.74) is 0.956. The SMILES string of the molecule is O=C(C1CCOC1)N1CCC(c2noc(-c3ccsc3)n2)C1. The second kappa shape index (κ2) is 5.81. The first kappa shape index (κ1) is 13.9. The zero-order valence-electron chi connectivity index (χ0n) is 12.1. The Labute approximate surface area is 132 Å². The maximum absolute atomic E-state index is 12.4. The third kappa shape index (κ3) is 2.55. The summed E-state index contributed by atoms with van der Waals surface area (Å²) in [6.45, 7) is 2.70. The summed E-state index contributed by atoms with van der Waals surface area (Å²) in [6, 6.07) is 1.96. The quantitative estimate of drug-likeness (QED) is 0.867. The van der Waals surface area contributed by atoms with Crippen molar-refractivity contribution in [2.45, 2.75) is 18.8 Å². The smallest absolute Gasteiger partial charge is 0.258 e. The Balaban J connectivity index is 1.43. The van der Waals surface area contributed by atoms with Gasteiger partial charge >= 0.3 is 0 Å². The van der Waals surface area contributed by atoms with Gasteiger partial charge in [0.2, 0.25) is 5.91 Å². The number of likely N-dealkylation sites (tertiary alicyclic amines) is 1. The monoisotopic (exact) mass is 319 g/mol. The Morgan fingerprint density at radius 3 is 3.14 bits per heavy atom. The average Bonchev–Trinajstić information content (AvgIpc) is 3.35. The third-order valence-corrected chi connectivity index (χ3v) is 5.04. The Morgan fingerprint density at radius 1 is 1.41 bits per heavy atom. The molecule has 116 valence electrons. The average molecular weight is 319 g/mol. The van der Waals surface area contributed by atoms with Crippen LogP contribution < -0.4 is 0 Å². The Bertz CT molecular complexity index is 649. The van der Waals surface area contributed by atoms with E-state index in [0.29, 0.717) is 31.5 Å². The fraction of sp³-hybridized carbons (Fsp3) is 0.533. The molecule has 2 aromatic heterocycles. The second-order valence-corrected chi connectivity index (χ2v) is 6.58. The highest BCUT2D eigenvalue weighted by Crippen LogP contribution is 2.29. The van der Waals surface area contributed by atoms with Crippen molar-refractivity contribution in [2.75, 3.05) is 26.3 Å². The van der Waals surface area contributed by atoms with Crippen LogP contribution in [0.4, 0.5) is 0 Å². The largest absolute Gasteiger partial charge is 0.381 e. The van der Waals surface area contributed by atoms with Gasteiger partial charge < -0.3 is 14.2 Å². The van der Waals surface area contributed by atoms with Crippen molar-refractivity contribution in [1.82, 2.24) is 15.0 Å². The maximum Gasteiger partial charge on any atom is 0.258 e. The molecule has 0 bridgehead atoms. The number of carbonyl (C=O) groups is 1. The summed E-state index contributed by atoms with van der Waals surface area (Å²) in [5, 5.41) is 8.07. The number of rotatable bonds is 3. The van der Waals surface area contributed by atoms with Gasteiger partial charge in [-0.25, -0.2) is 0 Å². The minimum absolute atomic E-state index is 0.0328. The van der Waals surface area contributed by atoms with Gasteiger partial charge in [0.25, 0.3) is 5.89 Å². The number of ether oxygens (including phenoxy) is 1. The van der Waals surface area contributed by atoms with Crippen molar-refractivity contribution < 1.29 is 14.1 Å². The highest BCUT2D eigenvalue weighted by molar-refractivity contribution is 7.08. The van der Waals surface area contributed by atoms with Gasteiger partial charge in [-0.3, -0.25) is 4.79 Å². The molecule has 4 heterocycles. The molecule has 0 radical (unpaired) electrons. The molecule has 2 unspecified atom stereocenters. The number of nitrogens with zero attached hydrogens (tertiary/aromatic N) is 3. The minimum atomic E-state index is 0.0328. The molecule has 0 N–H and O–H groups in total. The molecule has 22 heavy (non-hydrogen) atoms. The van der Waals surface area contributed by atoms with Crippen molar-refractivity contribution in [3.05, 3.63) is 22.7 Å². The van der Waals surface area contributed by atoms with Crippen LogP contribution in [0.15, 0.2) is 21.3 Å². The number of carbonyl (C=O) groups excluding carboxylic acids is 1. The molecule has 2 aliphatic heterocycles. The lowest BCUT2D eigenvalue weighted by Crippen LogP contribution is -2.34. The number of hydrogen-bond acceptors (Lipinski definition) is 6. The first-order chi connectivity index (χ1) is 10.8. The van der Waals surface area contributed by atoms with Crippen molar-refractivity contribution in [2.24, 2.45) is 5.92 Å². The van der Waals surface area contributed by atoms with Crippen molar-refractivity contribution in [3.63, 3.8) is 0 Å². The van der Waals surface area contributed by atoms with Crippen LogP contribution in [0.3, 0.4) is 0 Å². The first-order valence-corrected chi connectivity index (χ1v) is 8.48. The van der Waals surface area contributed by atoms with Crippen LogP contribution in [-0.2, 0) is 9.53 Å². The van der Waals surface area contributed by atoms with Gasteiger partial charge in [0, 0.05) is 31.0 Å². The van der Waals surface area contributed by atoms with Crippen molar-refractivity contribution in [1.29, 1.82) is 0 Å². The molecule has 6 nitrogen and oxygen atoms in total. The lowest BCUT2D eigenvalue weighted by Gasteiger charge is -2.19. The van der Waals surface area contributed by atoms with Crippen molar-refractivity contribution in [3.8, 4) is 11.5 Å². The van der Waals surface area contributed by atoms with E-state index >= 15 is 0 Å². The number of thiophene rings is 1. The molecule has 7 heteroatoms. The number of hydrogen-bond donors (Lipinski definition) is 0. The molecule has 2 aromatic rings. The molecule has 0 spiro atoms. The number of aromatic nitrogens is 2. The van der Waals surface area contributed by atoms with E-state index in [1.807, 2.05) is 21.7 Å².